The van der Waals surface area contributed by atoms with Crippen molar-refractivity contribution in [2.24, 2.45) is 5.92 Å². The van der Waals surface area contributed by atoms with Gasteiger partial charge in [0.2, 0.25) is 5.88 Å². The third kappa shape index (κ3) is 8.22. The fraction of sp³-hybridized carbons (Fsp3) is 0.258. The standard InChI is InChI=1S/C31H31N3O4S/c35-31(38-28-6-4-24(5-7-28)16-22-39-29-12-18-32-19-13-29)34-20-14-25(15-21-34)23-36-26-8-10-27(11-9-26)37-30-3-1-2-17-33-30/h1-13,17-19,25H,14-16,20-23H2. The first kappa shape index (κ1) is 26.6. The summed E-state index contributed by atoms with van der Waals surface area (Å²) >= 11 is 1.80. The molecule has 1 fully saturated rings. The maximum absolute atomic E-state index is 12.7. The molecule has 3 heterocycles. The van der Waals surface area contributed by atoms with E-state index in [0.717, 1.165) is 30.8 Å². The molecule has 1 saturated heterocycles. The SMILES string of the molecule is O=C(Oc1ccc(CCSc2ccncc2)cc1)N1CCC(COc2ccc(Oc3ccccn3)cc2)CC1. The van der Waals surface area contributed by atoms with E-state index in [4.69, 9.17) is 14.2 Å². The van der Waals surface area contributed by atoms with Crippen molar-refractivity contribution in [2.75, 3.05) is 25.4 Å². The highest BCUT2D eigenvalue weighted by molar-refractivity contribution is 7.99. The lowest BCUT2D eigenvalue weighted by Crippen LogP contribution is -2.41. The molecule has 2 aromatic carbocycles. The number of carbonyl (C=O) groups is 1. The zero-order valence-corrected chi connectivity index (χ0v) is 22.5. The van der Waals surface area contributed by atoms with Gasteiger partial charge in [-0.15, -0.1) is 11.8 Å². The summed E-state index contributed by atoms with van der Waals surface area (Å²) in [5, 5.41) is 0. The van der Waals surface area contributed by atoms with Gasteiger partial charge in [0.15, 0.2) is 0 Å². The van der Waals surface area contributed by atoms with Crippen LogP contribution in [-0.2, 0) is 6.42 Å². The molecule has 1 amide bonds. The van der Waals surface area contributed by atoms with Gasteiger partial charge in [-0.2, -0.15) is 0 Å². The number of nitrogens with zero attached hydrogens (tertiary/aromatic N) is 3. The van der Waals surface area contributed by atoms with Crippen molar-refractivity contribution in [2.45, 2.75) is 24.2 Å². The number of rotatable bonds is 10. The number of ether oxygens (including phenoxy) is 3. The quantitative estimate of drug-likeness (QED) is 0.202. The Morgan fingerprint density at radius 3 is 2.28 bits per heavy atom. The van der Waals surface area contributed by atoms with Gasteiger partial charge in [0, 0.05) is 48.4 Å². The monoisotopic (exact) mass is 541 g/mol. The number of amides is 1. The fourth-order valence-corrected chi connectivity index (χ4v) is 5.13. The minimum Gasteiger partial charge on any atom is -0.493 e. The van der Waals surface area contributed by atoms with Crippen molar-refractivity contribution in [1.29, 1.82) is 0 Å². The first-order valence-corrected chi connectivity index (χ1v) is 14.1. The van der Waals surface area contributed by atoms with E-state index in [1.165, 1.54) is 10.5 Å². The maximum atomic E-state index is 12.7. The lowest BCUT2D eigenvalue weighted by Gasteiger charge is -2.31. The van der Waals surface area contributed by atoms with E-state index in [2.05, 4.69) is 9.97 Å². The van der Waals surface area contributed by atoms with Crippen LogP contribution >= 0.6 is 11.8 Å². The maximum Gasteiger partial charge on any atom is 0.415 e. The average Bonchev–Trinajstić information content (AvgIpc) is 2.99. The van der Waals surface area contributed by atoms with Gasteiger partial charge in [0.25, 0.3) is 0 Å². The van der Waals surface area contributed by atoms with Crippen LogP contribution in [0.2, 0.25) is 0 Å². The van der Waals surface area contributed by atoms with E-state index in [-0.39, 0.29) is 6.09 Å². The van der Waals surface area contributed by atoms with Crippen molar-refractivity contribution in [3.05, 3.63) is 103 Å². The van der Waals surface area contributed by atoms with Gasteiger partial charge in [-0.25, -0.2) is 9.78 Å². The second kappa shape index (κ2) is 13.7. The summed E-state index contributed by atoms with van der Waals surface area (Å²) in [5.41, 5.74) is 1.22. The molecule has 0 aliphatic carbocycles. The Balaban J connectivity index is 0.995. The topological polar surface area (TPSA) is 73.8 Å². The number of likely N-dealkylation sites (tertiary alicyclic amines) is 1. The van der Waals surface area contributed by atoms with Gasteiger partial charge < -0.3 is 19.1 Å². The number of carbonyl (C=O) groups excluding carboxylic acids is 1. The van der Waals surface area contributed by atoms with Crippen LogP contribution in [0.5, 0.6) is 23.1 Å². The predicted molar refractivity (Wildman–Crippen MR) is 152 cm³/mol. The molecule has 0 N–H and O–H groups in total. The van der Waals surface area contributed by atoms with Crippen molar-refractivity contribution in [1.82, 2.24) is 14.9 Å². The first-order chi connectivity index (χ1) is 19.2. The summed E-state index contributed by atoms with van der Waals surface area (Å²) in [6, 6.07) is 24.9. The highest BCUT2D eigenvalue weighted by atomic mass is 32.2. The number of benzene rings is 2. The van der Waals surface area contributed by atoms with Gasteiger partial charge in [-0.05, 0) is 85.3 Å². The summed E-state index contributed by atoms with van der Waals surface area (Å²) in [6.07, 6.45) is 7.72. The van der Waals surface area contributed by atoms with Crippen molar-refractivity contribution in [3.8, 4) is 23.1 Å². The lowest BCUT2D eigenvalue weighted by molar-refractivity contribution is 0.117. The Morgan fingerprint density at radius 1 is 0.846 bits per heavy atom. The smallest absolute Gasteiger partial charge is 0.415 e. The molecule has 7 nitrogen and oxygen atoms in total. The summed E-state index contributed by atoms with van der Waals surface area (Å²) in [6.45, 7) is 1.94. The van der Waals surface area contributed by atoms with E-state index >= 15 is 0 Å². The predicted octanol–water partition coefficient (Wildman–Crippen LogP) is 6.89. The zero-order chi connectivity index (χ0) is 26.7. The second-order valence-corrected chi connectivity index (χ2v) is 10.4. The van der Waals surface area contributed by atoms with Gasteiger partial charge in [-0.3, -0.25) is 4.98 Å². The van der Waals surface area contributed by atoms with E-state index in [1.54, 1.807) is 22.9 Å². The summed E-state index contributed by atoms with van der Waals surface area (Å²) < 4.78 is 17.3. The molecule has 1 aliphatic heterocycles. The molecule has 2 aromatic heterocycles. The third-order valence-electron chi connectivity index (χ3n) is 6.48. The second-order valence-electron chi connectivity index (χ2n) is 9.28. The van der Waals surface area contributed by atoms with E-state index in [1.807, 2.05) is 91.3 Å². The fourth-order valence-electron chi connectivity index (χ4n) is 4.24. The average molecular weight is 542 g/mol. The normalized spacial score (nSPS) is 13.6. The molecule has 5 rings (SSSR count). The molecule has 0 radical (unpaired) electrons. The number of aromatic nitrogens is 2. The number of piperidine rings is 1. The summed E-state index contributed by atoms with van der Waals surface area (Å²) in [4.78, 5) is 23.9. The largest absolute Gasteiger partial charge is 0.493 e. The Bertz CT molecular complexity index is 1300. The molecule has 0 spiro atoms. The molecule has 1 aliphatic rings. The van der Waals surface area contributed by atoms with Crippen LogP contribution in [0.25, 0.3) is 0 Å². The highest BCUT2D eigenvalue weighted by Crippen LogP contribution is 2.25. The van der Waals surface area contributed by atoms with Gasteiger partial charge >= 0.3 is 6.09 Å². The Labute approximate surface area is 233 Å². The molecule has 8 heteroatoms. The summed E-state index contributed by atoms with van der Waals surface area (Å²) in [7, 11) is 0. The van der Waals surface area contributed by atoms with E-state index < -0.39 is 0 Å². The Hall–Kier alpha value is -4.04. The number of thioether (sulfide) groups is 1. The van der Waals surface area contributed by atoms with Crippen LogP contribution in [0, 0.1) is 5.92 Å². The molecular weight excluding hydrogens is 510 g/mol. The van der Waals surface area contributed by atoms with Crippen LogP contribution in [0.4, 0.5) is 4.79 Å². The van der Waals surface area contributed by atoms with Crippen LogP contribution in [0.15, 0.2) is 102 Å². The first-order valence-electron chi connectivity index (χ1n) is 13.1. The van der Waals surface area contributed by atoms with Crippen LogP contribution in [-0.4, -0.2) is 46.4 Å². The minimum atomic E-state index is -0.293. The number of pyridine rings is 2. The van der Waals surface area contributed by atoms with E-state index in [0.29, 0.717) is 43.0 Å². The van der Waals surface area contributed by atoms with Crippen LogP contribution in [0.3, 0.4) is 0 Å². The summed E-state index contributed by atoms with van der Waals surface area (Å²) in [5.74, 6) is 4.01. The van der Waals surface area contributed by atoms with Crippen LogP contribution < -0.4 is 14.2 Å². The van der Waals surface area contributed by atoms with Gasteiger partial charge in [0.05, 0.1) is 6.61 Å². The molecule has 4 aromatic rings. The molecule has 0 unspecified atom stereocenters. The lowest BCUT2D eigenvalue weighted by atomic mass is 9.98. The van der Waals surface area contributed by atoms with Crippen molar-refractivity contribution < 1.29 is 19.0 Å². The van der Waals surface area contributed by atoms with Crippen molar-refractivity contribution in [3.63, 3.8) is 0 Å². The molecule has 0 atom stereocenters. The highest BCUT2D eigenvalue weighted by Gasteiger charge is 2.24. The third-order valence-corrected chi connectivity index (χ3v) is 7.49. The number of aryl methyl sites for hydroxylation is 1. The molecular formula is C31H31N3O4S. The molecule has 0 bridgehead atoms. The Kier molecular flexibility index (Phi) is 9.31. The van der Waals surface area contributed by atoms with Crippen LogP contribution in [0.1, 0.15) is 18.4 Å². The van der Waals surface area contributed by atoms with Crippen molar-refractivity contribution >= 4 is 17.9 Å². The number of hydrogen-bond donors (Lipinski definition) is 0. The zero-order valence-electron chi connectivity index (χ0n) is 21.6. The minimum absolute atomic E-state index is 0.293. The number of hydrogen-bond acceptors (Lipinski definition) is 7. The molecule has 39 heavy (non-hydrogen) atoms. The molecule has 200 valence electrons. The molecule has 0 saturated carbocycles. The Morgan fingerprint density at radius 2 is 1.56 bits per heavy atom. The van der Waals surface area contributed by atoms with E-state index in [9.17, 15) is 4.79 Å². The van der Waals surface area contributed by atoms with Gasteiger partial charge in [0.1, 0.15) is 17.2 Å². The van der Waals surface area contributed by atoms with Gasteiger partial charge in [-0.1, -0.05) is 18.2 Å².